The lowest BCUT2D eigenvalue weighted by molar-refractivity contribution is 0.376. The Morgan fingerprint density at radius 3 is 2.35 bits per heavy atom. The van der Waals surface area contributed by atoms with E-state index in [2.05, 4.69) is 57.3 Å². The fraction of sp³-hybridized carbons (Fsp3) is 0.556. The largest absolute Gasteiger partial charge is 0.497 e. The number of ether oxygens (including phenoxy) is 1. The average molecular weight is 275 g/mol. The van der Waals surface area contributed by atoms with Crippen LogP contribution in [0, 0.1) is 0 Å². The van der Waals surface area contributed by atoms with E-state index >= 15 is 0 Å². The first kappa shape index (κ1) is 16.8. The molecular weight excluding hydrogens is 246 g/mol. The van der Waals surface area contributed by atoms with E-state index in [4.69, 9.17) is 4.74 Å². The molecule has 0 saturated heterocycles. The maximum atomic E-state index is 5.18. The third-order valence-electron chi connectivity index (χ3n) is 3.12. The second kappa shape index (κ2) is 8.11. The molecular formula is C18H29NO. The highest BCUT2D eigenvalue weighted by Crippen LogP contribution is 2.14. The fourth-order valence-electron chi connectivity index (χ4n) is 2.14. The van der Waals surface area contributed by atoms with Gasteiger partial charge in [-0.05, 0) is 44.9 Å². The predicted molar refractivity (Wildman–Crippen MR) is 88.2 cm³/mol. The van der Waals surface area contributed by atoms with Crippen LogP contribution in [0.25, 0.3) is 6.08 Å². The summed E-state index contributed by atoms with van der Waals surface area (Å²) in [5.74, 6) is 0.900. The lowest BCUT2D eigenvalue weighted by atomic mass is 10.0. The Hall–Kier alpha value is -1.28. The summed E-state index contributed by atoms with van der Waals surface area (Å²) in [6, 6.07) is 8.60. The topological polar surface area (TPSA) is 21.3 Å². The Morgan fingerprint density at radius 1 is 1.20 bits per heavy atom. The van der Waals surface area contributed by atoms with Crippen LogP contribution in [0.15, 0.2) is 30.3 Å². The summed E-state index contributed by atoms with van der Waals surface area (Å²) in [6.45, 7) is 8.88. The number of methoxy groups -OCH3 is 1. The Labute approximate surface area is 124 Å². The van der Waals surface area contributed by atoms with Crippen molar-refractivity contribution in [3.63, 3.8) is 0 Å². The maximum Gasteiger partial charge on any atom is 0.118 e. The van der Waals surface area contributed by atoms with Crippen molar-refractivity contribution < 1.29 is 4.74 Å². The Kier molecular flexibility index (Phi) is 6.80. The van der Waals surface area contributed by atoms with Gasteiger partial charge in [-0.3, -0.25) is 0 Å². The van der Waals surface area contributed by atoms with Gasteiger partial charge in [-0.1, -0.05) is 44.1 Å². The van der Waals surface area contributed by atoms with Crippen molar-refractivity contribution >= 4 is 6.08 Å². The van der Waals surface area contributed by atoms with E-state index in [1.54, 1.807) is 7.11 Å². The van der Waals surface area contributed by atoms with Crippen LogP contribution in [0.3, 0.4) is 0 Å². The van der Waals surface area contributed by atoms with Gasteiger partial charge in [0.1, 0.15) is 5.75 Å². The van der Waals surface area contributed by atoms with Crippen LogP contribution in [-0.4, -0.2) is 18.7 Å². The molecule has 0 radical (unpaired) electrons. The summed E-state index contributed by atoms with van der Waals surface area (Å²) < 4.78 is 5.18. The van der Waals surface area contributed by atoms with Crippen LogP contribution < -0.4 is 10.1 Å². The molecule has 0 spiro atoms. The minimum atomic E-state index is 0.142. The number of hydrogen-bond acceptors (Lipinski definition) is 2. The molecule has 0 bridgehead atoms. The molecule has 1 unspecified atom stereocenters. The molecule has 0 saturated carbocycles. The van der Waals surface area contributed by atoms with Gasteiger partial charge in [0.25, 0.3) is 0 Å². The van der Waals surface area contributed by atoms with Gasteiger partial charge in [0.2, 0.25) is 0 Å². The van der Waals surface area contributed by atoms with Crippen LogP contribution in [0.2, 0.25) is 0 Å². The zero-order valence-corrected chi connectivity index (χ0v) is 13.6. The molecule has 0 aliphatic carbocycles. The molecule has 2 heteroatoms. The molecule has 1 aromatic carbocycles. The highest BCUT2D eigenvalue weighted by atomic mass is 16.5. The molecule has 0 aliphatic rings. The Balaban J connectivity index is 2.68. The first-order valence-corrected chi connectivity index (χ1v) is 7.54. The summed E-state index contributed by atoms with van der Waals surface area (Å²) in [5.41, 5.74) is 1.35. The summed E-state index contributed by atoms with van der Waals surface area (Å²) >= 11 is 0. The molecule has 0 aromatic heterocycles. The minimum absolute atomic E-state index is 0.142. The van der Waals surface area contributed by atoms with Crippen LogP contribution in [0.5, 0.6) is 5.75 Å². The second-order valence-corrected chi connectivity index (χ2v) is 6.28. The van der Waals surface area contributed by atoms with Gasteiger partial charge in [0.15, 0.2) is 0 Å². The van der Waals surface area contributed by atoms with Gasteiger partial charge in [-0.25, -0.2) is 0 Å². The smallest absolute Gasteiger partial charge is 0.118 e. The molecule has 1 rings (SSSR count). The van der Waals surface area contributed by atoms with Crippen molar-refractivity contribution in [3.05, 3.63) is 35.9 Å². The highest BCUT2D eigenvalue weighted by molar-refractivity contribution is 5.51. The van der Waals surface area contributed by atoms with E-state index in [0.29, 0.717) is 6.04 Å². The Morgan fingerprint density at radius 2 is 1.85 bits per heavy atom. The number of rotatable bonds is 7. The van der Waals surface area contributed by atoms with Crippen molar-refractivity contribution in [2.45, 2.75) is 58.5 Å². The van der Waals surface area contributed by atoms with Crippen LogP contribution >= 0.6 is 0 Å². The zero-order valence-electron chi connectivity index (χ0n) is 13.6. The number of unbranched alkanes of at least 4 members (excludes halogenated alkanes) is 1. The minimum Gasteiger partial charge on any atom is -0.497 e. The maximum absolute atomic E-state index is 5.18. The average Bonchev–Trinajstić information content (AvgIpc) is 2.41. The van der Waals surface area contributed by atoms with Crippen molar-refractivity contribution in [1.82, 2.24) is 5.32 Å². The third kappa shape index (κ3) is 6.76. The molecule has 1 aromatic rings. The molecule has 0 amide bonds. The molecule has 112 valence electrons. The summed E-state index contributed by atoms with van der Waals surface area (Å²) in [7, 11) is 1.69. The fourth-order valence-corrected chi connectivity index (χ4v) is 2.14. The predicted octanol–water partition coefficient (Wildman–Crippen LogP) is 4.66. The van der Waals surface area contributed by atoms with E-state index in [0.717, 1.165) is 5.75 Å². The molecule has 0 fully saturated rings. The monoisotopic (exact) mass is 275 g/mol. The van der Waals surface area contributed by atoms with Crippen LogP contribution in [0.1, 0.15) is 52.5 Å². The normalized spacial score (nSPS) is 13.7. The van der Waals surface area contributed by atoms with Gasteiger partial charge in [0, 0.05) is 11.6 Å². The number of benzene rings is 1. The van der Waals surface area contributed by atoms with Crippen LogP contribution in [0.4, 0.5) is 0 Å². The number of hydrogen-bond donors (Lipinski definition) is 1. The number of nitrogens with one attached hydrogen (secondary N) is 1. The van der Waals surface area contributed by atoms with E-state index in [1.807, 2.05) is 12.1 Å². The van der Waals surface area contributed by atoms with E-state index < -0.39 is 0 Å². The quantitative estimate of drug-likeness (QED) is 0.781. The van der Waals surface area contributed by atoms with Gasteiger partial charge < -0.3 is 10.1 Å². The summed E-state index contributed by atoms with van der Waals surface area (Å²) in [5, 5.41) is 3.67. The molecule has 20 heavy (non-hydrogen) atoms. The highest BCUT2D eigenvalue weighted by Gasteiger charge is 2.14. The van der Waals surface area contributed by atoms with Crippen molar-refractivity contribution in [1.29, 1.82) is 0 Å². The lowest BCUT2D eigenvalue weighted by Gasteiger charge is -2.26. The SMILES string of the molecule is CCCCC(/C=C/c1ccc(OC)cc1)NC(C)(C)C. The van der Waals surface area contributed by atoms with Gasteiger partial charge >= 0.3 is 0 Å². The zero-order chi connectivity index (χ0) is 15.0. The Bertz CT molecular complexity index is 400. The lowest BCUT2D eigenvalue weighted by Crippen LogP contribution is -2.42. The molecule has 1 atom stereocenters. The molecule has 0 aliphatic heterocycles. The van der Waals surface area contributed by atoms with Crippen molar-refractivity contribution in [3.8, 4) is 5.75 Å². The first-order valence-electron chi connectivity index (χ1n) is 7.54. The standard InChI is InChI=1S/C18H29NO/c1-6-7-8-16(19-18(2,3)4)12-9-15-10-13-17(20-5)14-11-15/h9-14,16,19H,6-8H2,1-5H3/b12-9+. The van der Waals surface area contributed by atoms with E-state index in [9.17, 15) is 0 Å². The van der Waals surface area contributed by atoms with Gasteiger partial charge in [-0.15, -0.1) is 0 Å². The van der Waals surface area contributed by atoms with Crippen molar-refractivity contribution in [2.75, 3.05) is 7.11 Å². The summed E-state index contributed by atoms with van der Waals surface area (Å²) in [4.78, 5) is 0. The van der Waals surface area contributed by atoms with Gasteiger partial charge in [0.05, 0.1) is 7.11 Å². The molecule has 2 nitrogen and oxygen atoms in total. The first-order chi connectivity index (χ1) is 9.44. The van der Waals surface area contributed by atoms with Gasteiger partial charge in [-0.2, -0.15) is 0 Å². The second-order valence-electron chi connectivity index (χ2n) is 6.28. The summed E-state index contributed by atoms with van der Waals surface area (Å²) in [6.07, 6.45) is 8.14. The molecule has 0 heterocycles. The van der Waals surface area contributed by atoms with Crippen molar-refractivity contribution in [2.24, 2.45) is 0 Å². The van der Waals surface area contributed by atoms with Crippen LogP contribution in [-0.2, 0) is 0 Å². The van der Waals surface area contributed by atoms with E-state index in [-0.39, 0.29) is 5.54 Å². The third-order valence-corrected chi connectivity index (χ3v) is 3.12. The van der Waals surface area contributed by atoms with E-state index in [1.165, 1.54) is 24.8 Å². The molecule has 1 N–H and O–H groups in total.